The Balaban J connectivity index is 1.61. The molecular weight excluding hydrogens is 300 g/mol. The largest absolute Gasteiger partial charge is 0.273 e. The lowest BCUT2D eigenvalue weighted by Crippen LogP contribution is -2.42. The van der Waals surface area contributed by atoms with Crippen LogP contribution in [0.4, 0.5) is 0 Å². The maximum absolute atomic E-state index is 12.1. The number of carbonyl (C=O) groups is 2. The molecule has 0 radical (unpaired) electrons. The molecular formula is C20H18N2O2. The number of amides is 2. The molecule has 0 saturated carbocycles. The number of aryl methyl sites for hydroxylation is 1. The zero-order chi connectivity index (χ0) is 16.9. The van der Waals surface area contributed by atoms with Crippen LogP contribution in [-0.4, -0.2) is 11.8 Å². The third-order valence-corrected chi connectivity index (χ3v) is 3.88. The SMILES string of the molecule is Cc1ccccc1C(=O)NNC(=O)Cc1ccc2ccccc2c1. The Morgan fingerprint density at radius 3 is 2.33 bits per heavy atom. The minimum atomic E-state index is -0.319. The lowest BCUT2D eigenvalue weighted by molar-refractivity contribution is -0.121. The molecule has 4 nitrogen and oxygen atoms in total. The van der Waals surface area contributed by atoms with Gasteiger partial charge < -0.3 is 0 Å². The van der Waals surface area contributed by atoms with Gasteiger partial charge in [-0.25, -0.2) is 0 Å². The van der Waals surface area contributed by atoms with E-state index in [0.29, 0.717) is 5.56 Å². The zero-order valence-corrected chi connectivity index (χ0v) is 13.4. The van der Waals surface area contributed by atoms with Crippen LogP contribution in [-0.2, 0) is 11.2 Å². The number of fused-ring (bicyclic) bond motifs is 1. The van der Waals surface area contributed by atoms with Crippen molar-refractivity contribution in [3.05, 3.63) is 83.4 Å². The van der Waals surface area contributed by atoms with Gasteiger partial charge in [-0.3, -0.25) is 20.4 Å². The van der Waals surface area contributed by atoms with Crippen LogP contribution in [0, 0.1) is 6.92 Å². The van der Waals surface area contributed by atoms with Crippen LogP contribution in [0.2, 0.25) is 0 Å². The predicted molar refractivity (Wildman–Crippen MR) is 94.4 cm³/mol. The highest BCUT2D eigenvalue weighted by atomic mass is 16.2. The van der Waals surface area contributed by atoms with E-state index < -0.39 is 0 Å². The number of hydrogen-bond acceptors (Lipinski definition) is 2. The van der Waals surface area contributed by atoms with Gasteiger partial charge in [0.15, 0.2) is 0 Å². The van der Waals surface area contributed by atoms with Crippen molar-refractivity contribution in [3.8, 4) is 0 Å². The van der Waals surface area contributed by atoms with Crippen LogP contribution in [0.5, 0.6) is 0 Å². The van der Waals surface area contributed by atoms with Crippen molar-refractivity contribution >= 4 is 22.6 Å². The molecule has 0 saturated heterocycles. The van der Waals surface area contributed by atoms with E-state index in [9.17, 15) is 9.59 Å². The Hall–Kier alpha value is -3.14. The average Bonchev–Trinajstić information content (AvgIpc) is 2.60. The molecule has 0 aromatic heterocycles. The highest BCUT2D eigenvalue weighted by Gasteiger charge is 2.10. The molecule has 3 aromatic carbocycles. The van der Waals surface area contributed by atoms with E-state index >= 15 is 0 Å². The number of hydrazine groups is 1. The van der Waals surface area contributed by atoms with Crippen LogP contribution in [0.3, 0.4) is 0 Å². The molecule has 2 amide bonds. The van der Waals surface area contributed by atoms with Crippen LogP contribution < -0.4 is 10.9 Å². The van der Waals surface area contributed by atoms with E-state index in [2.05, 4.69) is 10.9 Å². The van der Waals surface area contributed by atoms with E-state index in [4.69, 9.17) is 0 Å². The number of rotatable bonds is 3. The van der Waals surface area contributed by atoms with Crippen molar-refractivity contribution in [2.75, 3.05) is 0 Å². The molecule has 0 bridgehead atoms. The summed E-state index contributed by atoms with van der Waals surface area (Å²) in [6.45, 7) is 1.85. The first-order valence-corrected chi connectivity index (χ1v) is 7.76. The molecule has 0 spiro atoms. The van der Waals surface area contributed by atoms with E-state index in [-0.39, 0.29) is 18.2 Å². The first-order valence-electron chi connectivity index (χ1n) is 7.76. The molecule has 0 aliphatic carbocycles. The molecule has 0 fully saturated rings. The lowest BCUT2D eigenvalue weighted by Gasteiger charge is -2.09. The lowest BCUT2D eigenvalue weighted by atomic mass is 10.1. The Morgan fingerprint density at radius 2 is 1.54 bits per heavy atom. The van der Waals surface area contributed by atoms with Gasteiger partial charge in [-0.05, 0) is 34.9 Å². The number of carbonyl (C=O) groups excluding carboxylic acids is 2. The van der Waals surface area contributed by atoms with Gasteiger partial charge in [-0.1, -0.05) is 60.7 Å². The van der Waals surface area contributed by atoms with Crippen LogP contribution in [0.1, 0.15) is 21.5 Å². The molecule has 0 aliphatic rings. The first-order chi connectivity index (χ1) is 11.6. The van der Waals surface area contributed by atoms with Crippen molar-refractivity contribution in [1.82, 2.24) is 10.9 Å². The summed E-state index contributed by atoms with van der Waals surface area (Å²) in [7, 11) is 0. The number of benzene rings is 3. The smallest absolute Gasteiger partial charge is 0.269 e. The summed E-state index contributed by atoms with van der Waals surface area (Å²) in [4.78, 5) is 24.1. The summed E-state index contributed by atoms with van der Waals surface area (Å²) >= 11 is 0. The number of hydrogen-bond donors (Lipinski definition) is 2. The number of nitrogens with one attached hydrogen (secondary N) is 2. The van der Waals surface area contributed by atoms with E-state index in [0.717, 1.165) is 21.9 Å². The summed E-state index contributed by atoms with van der Waals surface area (Å²) in [5.74, 6) is -0.577. The van der Waals surface area contributed by atoms with Gasteiger partial charge in [-0.2, -0.15) is 0 Å². The molecule has 0 atom stereocenters. The standard InChI is InChI=1S/C20H18N2O2/c1-14-6-2-5-9-18(14)20(24)22-21-19(23)13-15-10-11-16-7-3-4-8-17(16)12-15/h2-12H,13H2,1H3,(H,21,23)(H,22,24). The minimum Gasteiger partial charge on any atom is -0.273 e. The van der Waals surface area contributed by atoms with Crippen molar-refractivity contribution in [3.63, 3.8) is 0 Å². The summed E-state index contributed by atoms with van der Waals surface area (Å²) in [6, 6.07) is 21.1. The highest BCUT2D eigenvalue weighted by Crippen LogP contribution is 2.15. The zero-order valence-electron chi connectivity index (χ0n) is 13.4. The Kier molecular flexibility index (Phi) is 4.57. The summed E-state index contributed by atoms with van der Waals surface area (Å²) in [5, 5.41) is 2.22. The van der Waals surface area contributed by atoms with Gasteiger partial charge in [0.25, 0.3) is 5.91 Å². The fraction of sp³-hybridized carbons (Fsp3) is 0.100. The average molecular weight is 318 g/mol. The second-order valence-electron chi connectivity index (χ2n) is 5.68. The molecule has 2 N–H and O–H groups in total. The maximum Gasteiger partial charge on any atom is 0.269 e. The van der Waals surface area contributed by atoms with E-state index in [1.807, 2.05) is 61.5 Å². The Bertz CT molecular complexity index is 903. The normalized spacial score (nSPS) is 10.4. The van der Waals surface area contributed by atoms with Crippen LogP contribution >= 0.6 is 0 Å². The molecule has 0 unspecified atom stereocenters. The third kappa shape index (κ3) is 3.60. The monoisotopic (exact) mass is 318 g/mol. The summed E-state index contributed by atoms with van der Waals surface area (Å²) in [5.41, 5.74) is 7.23. The third-order valence-electron chi connectivity index (χ3n) is 3.88. The van der Waals surface area contributed by atoms with Crippen molar-refractivity contribution in [1.29, 1.82) is 0 Å². The summed E-state index contributed by atoms with van der Waals surface area (Å²) < 4.78 is 0. The van der Waals surface area contributed by atoms with Gasteiger partial charge in [0.1, 0.15) is 0 Å². The second-order valence-corrected chi connectivity index (χ2v) is 5.68. The van der Waals surface area contributed by atoms with Gasteiger partial charge in [0.2, 0.25) is 5.91 Å². The maximum atomic E-state index is 12.1. The van der Waals surface area contributed by atoms with Crippen molar-refractivity contribution in [2.24, 2.45) is 0 Å². The molecule has 120 valence electrons. The Morgan fingerprint density at radius 1 is 0.833 bits per heavy atom. The van der Waals surface area contributed by atoms with E-state index in [1.165, 1.54) is 0 Å². The van der Waals surface area contributed by atoms with Crippen LogP contribution in [0.25, 0.3) is 10.8 Å². The Labute approximate surface area is 140 Å². The molecule has 0 aliphatic heterocycles. The van der Waals surface area contributed by atoms with Gasteiger partial charge >= 0.3 is 0 Å². The van der Waals surface area contributed by atoms with Crippen molar-refractivity contribution < 1.29 is 9.59 Å². The molecule has 3 aromatic rings. The molecule has 24 heavy (non-hydrogen) atoms. The van der Waals surface area contributed by atoms with Gasteiger partial charge in [0, 0.05) is 5.56 Å². The van der Waals surface area contributed by atoms with E-state index in [1.54, 1.807) is 12.1 Å². The topological polar surface area (TPSA) is 58.2 Å². The highest BCUT2D eigenvalue weighted by molar-refractivity contribution is 5.96. The van der Waals surface area contributed by atoms with Crippen LogP contribution in [0.15, 0.2) is 66.7 Å². The van der Waals surface area contributed by atoms with Gasteiger partial charge in [-0.15, -0.1) is 0 Å². The predicted octanol–water partition coefficient (Wildman–Crippen LogP) is 3.15. The van der Waals surface area contributed by atoms with Crippen molar-refractivity contribution in [2.45, 2.75) is 13.3 Å². The summed E-state index contributed by atoms with van der Waals surface area (Å²) in [6.07, 6.45) is 0.207. The molecule has 4 heteroatoms. The quantitative estimate of drug-likeness (QED) is 0.729. The molecule has 0 heterocycles. The van der Waals surface area contributed by atoms with Gasteiger partial charge in [0.05, 0.1) is 6.42 Å². The first kappa shape index (κ1) is 15.7. The second kappa shape index (κ2) is 6.96. The fourth-order valence-corrected chi connectivity index (χ4v) is 2.60. The molecule has 3 rings (SSSR count). The minimum absolute atomic E-state index is 0.207. The fourth-order valence-electron chi connectivity index (χ4n) is 2.60.